The van der Waals surface area contributed by atoms with Gasteiger partial charge in [-0.2, -0.15) is 13.2 Å². The smallest absolute Gasteiger partial charge is 0.367 e. The Balaban J connectivity index is 1.50. The van der Waals surface area contributed by atoms with Crippen molar-refractivity contribution in [3.63, 3.8) is 0 Å². The number of aromatic nitrogens is 2. The maximum Gasteiger partial charge on any atom is 0.418 e. The summed E-state index contributed by atoms with van der Waals surface area (Å²) in [5, 5.41) is 3.21. The summed E-state index contributed by atoms with van der Waals surface area (Å²) < 4.78 is 40.4. The molecule has 0 radical (unpaired) electrons. The van der Waals surface area contributed by atoms with Gasteiger partial charge in [-0.1, -0.05) is 13.8 Å². The van der Waals surface area contributed by atoms with Crippen molar-refractivity contribution in [2.75, 3.05) is 38.1 Å². The highest BCUT2D eigenvalue weighted by Gasteiger charge is 2.36. The maximum atomic E-state index is 13.5. The van der Waals surface area contributed by atoms with Gasteiger partial charge in [-0.25, -0.2) is 0 Å². The van der Waals surface area contributed by atoms with Crippen molar-refractivity contribution in [1.82, 2.24) is 20.2 Å². The lowest BCUT2D eigenvalue weighted by Crippen LogP contribution is -2.51. The largest absolute Gasteiger partial charge is 0.418 e. The molecule has 0 spiro atoms. The molecule has 33 heavy (non-hydrogen) atoms. The molecule has 3 heterocycles. The SMILES string of the molecule is C[C@H]1C[C@@H](NC(=O)CC2(C)CCN(C)CC2)CN(c2ccc(C(F)(F)F)c3nccnc23)C1. The standard InChI is InChI=1S/C24H32F3N5O/c1-16-12-17(30-20(33)13-23(2)6-10-31(3)11-7-23)15-32(14-16)19-5-4-18(24(25,26)27)21-22(19)29-9-8-28-21/h4-5,8-9,16-17H,6-7,10-15H2,1-3H3,(H,30,33)/t16-,17+/m0/s1. The van der Waals surface area contributed by atoms with Gasteiger partial charge in [0, 0.05) is 37.9 Å². The molecule has 2 aromatic rings. The fourth-order valence-electron chi connectivity index (χ4n) is 5.18. The van der Waals surface area contributed by atoms with Crippen LogP contribution in [0.4, 0.5) is 18.9 Å². The third-order valence-corrected chi connectivity index (χ3v) is 7.06. The molecule has 0 saturated carbocycles. The number of amides is 1. The molecule has 1 amide bonds. The molecule has 6 nitrogen and oxygen atoms in total. The van der Waals surface area contributed by atoms with Crippen LogP contribution in [0.15, 0.2) is 24.5 Å². The molecule has 4 rings (SSSR count). The van der Waals surface area contributed by atoms with Crippen molar-refractivity contribution < 1.29 is 18.0 Å². The number of hydrogen-bond acceptors (Lipinski definition) is 5. The third kappa shape index (κ3) is 5.39. The second-order valence-corrected chi connectivity index (χ2v) is 10.2. The second-order valence-electron chi connectivity index (χ2n) is 10.2. The number of halogens is 3. The first-order valence-electron chi connectivity index (χ1n) is 11.6. The molecule has 2 aliphatic rings. The summed E-state index contributed by atoms with van der Waals surface area (Å²) in [7, 11) is 2.10. The molecule has 1 N–H and O–H groups in total. The summed E-state index contributed by atoms with van der Waals surface area (Å²) in [6.07, 6.45) is 1.54. The molecule has 0 unspecified atom stereocenters. The summed E-state index contributed by atoms with van der Waals surface area (Å²) in [5.74, 6) is 0.329. The van der Waals surface area contributed by atoms with Crippen LogP contribution in [0.25, 0.3) is 11.0 Å². The van der Waals surface area contributed by atoms with Crippen molar-refractivity contribution >= 4 is 22.6 Å². The van der Waals surface area contributed by atoms with Crippen LogP contribution in [-0.4, -0.2) is 60.0 Å². The lowest BCUT2D eigenvalue weighted by molar-refractivity contribution is -0.136. The number of fused-ring (bicyclic) bond motifs is 1. The van der Waals surface area contributed by atoms with E-state index in [1.165, 1.54) is 18.5 Å². The highest BCUT2D eigenvalue weighted by atomic mass is 19.4. The molecular formula is C24H32F3N5O. The number of likely N-dealkylation sites (tertiary alicyclic amines) is 1. The minimum absolute atomic E-state index is 0.00970. The van der Waals surface area contributed by atoms with E-state index in [2.05, 4.69) is 41.1 Å². The molecule has 2 saturated heterocycles. The number of anilines is 1. The molecule has 0 aliphatic carbocycles. The van der Waals surface area contributed by atoms with E-state index in [0.29, 0.717) is 25.2 Å². The zero-order valence-electron chi connectivity index (χ0n) is 19.5. The number of nitrogens with one attached hydrogen (secondary N) is 1. The highest BCUT2D eigenvalue weighted by Crippen LogP contribution is 2.38. The number of benzene rings is 1. The summed E-state index contributed by atoms with van der Waals surface area (Å²) >= 11 is 0. The Kier molecular flexibility index (Phi) is 6.53. The van der Waals surface area contributed by atoms with E-state index in [-0.39, 0.29) is 34.3 Å². The normalized spacial score (nSPS) is 24.1. The molecule has 2 fully saturated rings. The Labute approximate surface area is 192 Å². The van der Waals surface area contributed by atoms with Gasteiger partial charge in [0.25, 0.3) is 0 Å². The van der Waals surface area contributed by atoms with Gasteiger partial charge in [0.2, 0.25) is 5.91 Å². The van der Waals surface area contributed by atoms with Gasteiger partial charge in [0.15, 0.2) is 0 Å². The Morgan fingerprint density at radius 2 is 1.82 bits per heavy atom. The average molecular weight is 464 g/mol. The number of carbonyl (C=O) groups excluding carboxylic acids is 1. The quantitative estimate of drug-likeness (QED) is 0.740. The third-order valence-electron chi connectivity index (χ3n) is 7.06. The van der Waals surface area contributed by atoms with Crippen molar-refractivity contribution in [3.05, 3.63) is 30.1 Å². The number of hydrogen-bond donors (Lipinski definition) is 1. The number of rotatable bonds is 4. The van der Waals surface area contributed by atoms with E-state index >= 15 is 0 Å². The van der Waals surface area contributed by atoms with Gasteiger partial charge in [0.1, 0.15) is 11.0 Å². The molecule has 2 aliphatic heterocycles. The van der Waals surface area contributed by atoms with Gasteiger partial charge in [-0.15, -0.1) is 0 Å². The van der Waals surface area contributed by atoms with Crippen molar-refractivity contribution in [3.8, 4) is 0 Å². The molecule has 1 aromatic heterocycles. The minimum Gasteiger partial charge on any atom is -0.367 e. The Bertz CT molecular complexity index is 1000. The molecule has 2 atom stereocenters. The van der Waals surface area contributed by atoms with E-state index in [9.17, 15) is 18.0 Å². The van der Waals surface area contributed by atoms with Crippen LogP contribution in [0.1, 0.15) is 45.1 Å². The summed E-state index contributed by atoms with van der Waals surface area (Å²) in [6.45, 7) is 7.50. The van der Waals surface area contributed by atoms with Gasteiger partial charge in [0.05, 0.1) is 11.3 Å². The topological polar surface area (TPSA) is 61.4 Å². The molecule has 1 aromatic carbocycles. The van der Waals surface area contributed by atoms with Crippen molar-refractivity contribution in [2.45, 2.75) is 51.7 Å². The Morgan fingerprint density at radius 3 is 2.48 bits per heavy atom. The first-order valence-corrected chi connectivity index (χ1v) is 11.6. The van der Waals surface area contributed by atoms with Crippen LogP contribution in [0.5, 0.6) is 0 Å². The van der Waals surface area contributed by atoms with Gasteiger partial charge in [-0.05, 0) is 62.9 Å². The monoisotopic (exact) mass is 463 g/mol. The van der Waals surface area contributed by atoms with Crippen LogP contribution >= 0.6 is 0 Å². The Hall–Kier alpha value is -2.42. The summed E-state index contributed by atoms with van der Waals surface area (Å²) in [4.78, 5) is 25.4. The van der Waals surface area contributed by atoms with Gasteiger partial charge >= 0.3 is 6.18 Å². The minimum atomic E-state index is -4.50. The number of nitrogens with zero attached hydrogens (tertiary/aromatic N) is 4. The van der Waals surface area contributed by atoms with Crippen LogP contribution in [0.2, 0.25) is 0 Å². The molecule has 0 bridgehead atoms. The fraction of sp³-hybridized carbons (Fsp3) is 0.625. The van der Waals surface area contributed by atoms with Crippen molar-refractivity contribution in [1.29, 1.82) is 0 Å². The predicted molar refractivity (Wildman–Crippen MR) is 122 cm³/mol. The zero-order chi connectivity index (χ0) is 23.8. The Morgan fingerprint density at radius 1 is 1.15 bits per heavy atom. The summed E-state index contributed by atoms with van der Waals surface area (Å²) in [6, 6.07) is 2.50. The lowest BCUT2D eigenvalue weighted by Gasteiger charge is -2.40. The van der Waals surface area contributed by atoms with E-state index in [4.69, 9.17) is 0 Å². The fourth-order valence-corrected chi connectivity index (χ4v) is 5.18. The first-order chi connectivity index (χ1) is 15.5. The van der Waals surface area contributed by atoms with Crippen LogP contribution in [0, 0.1) is 11.3 Å². The van der Waals surface area contributed by atoms with Crippen molar-refractivity contribution in [2.24, 2.45) is 11.3 Å². The second kappa shape index (κ2) is 9.08. The first kappa shape index (κ1) is 23.7. The van der Waals surface area contributed by atoms with E-state index in [0.717, 1.165) is 38.4 Å². The molecule has 9 heteroatoms. The number of alkyl halides is 3. The van der Waals surface area contributed by atoms with Crippen LogP contribution in [-0.2, 0) is 11.0 Å². The van der Waals surface area contributed by atoms with E-state index in [1.54, 1.807) is 0 Å². The van der Waals surface area contributed by atoms with E-state index < -0.39 is 11.7 Å². The highest BCUT2D eigenvalue weighted by molar-refractivity contribution is 5.91. The number of piperidine rings is 2. The summed E-state index contributed by atoms with van der Waals surface area (Å²) in [5.41, 5.74) is -0.0490. The number of carbonyl (C=O) groups is 1. The average Bonchev–Trinajstić information content (AvgIpc) is 2.74. The maximum absolute atomic E-state index is 13.5. The van der Waals surface area contributed by atoms with Crippen LogP contribution < -0.4 is 10.2 Å². The van der Waals surface area contributed by atoms with Gasteiger partial charge in [-0.3, -0.25) is 14.8 Å². The van der Waals surface area contributed by atoms with E-state index in [1.807, 2.05) is 4.90 Å². The zero-order valence-corrected chi connectivity index (χ0v) is 19.5. The van der Waals surface area contributed by atoms with Gasteiger partial charge < -0.3 is 15.1 Å². The van der Waals surface area contributed by atoms with Crippen LogP contribution in [0.3, 0.4) is 0 Å². The molecule has 180 valence electrons. The lowest BCUT2D eigenvalue weighted by atomic mass is 9.77. The molecular weight excluding hydrogens is 431 g/mol. The predicted octanol–water partition coefficient (Wildman–Crippen LogP) is 4.10.